The summed E-state index contributed by atoms with van der Waals surface area (Å²) in [6, 6.07) is 0. The molecule has 0 heterocycles. The molecule has 6 N–H and O–H groups in total. The predicted molar refractivity (Wildman–Crippen MR) is 221 cm³/mol. The molecule has 1 rings (SSSR count). The van der Waals surface area contributed by atoms with Crippen LogP contribution in [0.15, 0.2) is 36.5 Å². The summed E-state index contributed by atoms with van der Waals surface area (Å²) >= 11 is 0. The molecule has 0 saturated heterocycles. The van der Waals surface area contributed by atoms with Crippen LogP contribution in [0.4, 0.5) is 0 Å². The fourth-order valence-corrected chi connectivity index (χ4v) is 7.34. The molecule has 332 valence electrons. The average molecular weight is 833 g/mol. The average Bonchev–Trinajstić information content (AvgIpc) is 3.19. The second-order valence-electron chi connectivity index (χ2n) is 15.2. The molecular formula is C43H77O13P. The first kappa shape index (κ1) is 53.1. The lowest BCUT2D eigenvalue weighted by atomic mass is 9.85. The summed E-state index contributed by atoms with van der Waals surface area (Å²) in [6.45, 7) is 3.22. The van der Waals surface area contributed by atoms with Crippen molar-refractivity contribution in [3.8, 4) is 0 Å². The third kappa shape index (κ3) is 26.7. The fraction of sp³-hybridized carbons (Fsp3) is 0.814. The van der Waals surface area contributed by atoms with Gasteiger partial charge in [-0.25, -0.2) is 4.57 Å². The quantitative estimate of drug-likeness (QED) is 0.0156. The number of aliphatic hydroxyl groups excluding tert-OH is 5. The number of phosphoric acid groups is 1. The Kier molecular flexibility index (Phi) is 31.5. The number of unbranched alkanes of at least 4 members (excludes halogenated alkanes) is 17. The molecule has 0 bridgehead atoms. The highest BCUT2D eigenvalue weighted by molar-refractivity contribution is 7.47. The van der Waals surface area contributed by atoms with E-state index in [1.807, 2.05) is 0 Å². The van der Waals surface area contributed by atoms with E-state index < -0.39 is 75.7 Å². The zero-order valence-electron chi connectivity index (χ0n) is 34.9. The molecule has 1 aliphatic rings. The lowest BCUT2D eigenvalue weighted by molar-refractivity contribution is -0.220. The van der Waals surface area contributed by atoms with Crippen LogP contribution in [0, 0.1) is 0 Å². The standard InChI is InChI=1S/C43H77O13P/c1-3-5-7-9-11-13-15-17-18-20-22-24-26-28-30-32-37(45)55-35(34-54-57(51,52)56-43-41(49)39(47)38(46)40(48)42(43)50)33-53-36(44)31-29-27-25-23-21-19-16-14-12-10-8-6-4-2/h14,16-18,22,24,35,38-43,46-50H,3-13,15,19-21,23,25-34H2,1-2H3,(H,51,52)/b16-14+,18-17+,24-22+/t35-,38?,39-,40?,41?,42?,43?/m1/s1. The van der Waals surface area contributed by atoms with Gasteiger partial charge in [0.25, 0.3) is 0 Å². The van der Waals surface area contributed by atoms with E-state index in [-0.39, 0.29) is 12.8 Å². The number of aliphatic hydroxyl groups is 5. The van der Waals surface area contributed by atoms with Gasteiger partial charge in [0.1, 0.15) is 43.2 Å². The summed E-state index contributed by atoms with van der Waals surface area (Å²) in [4.78, 5) is 35.6. The molecule has 0 radical (unpaired) electrons. The Morgan fingerprint density at radius 3 is 1.49 bits per heavy atom. The molecule has 14 heteroatoms. The first-order valence-electron chi connectivity index (χ1n) is 21.8. The molecular weight excluding hydrogens is 755 g/mol. The number of allylic oxidation sites excluding steroid dienone is 6. The minimum atomic E-state index is -5.12. The van der Waals surface area contributed by atoms with Gasteiger partial charge in [-0.1, -0.05) is 121 Å². The van der Waals surface area contributed by atoms with Crippen LogP contribution in [0.5, 0.6) is 0 Å². The third-order valence-electron chi connectivity index (χ3n) is 9.95. The van der Waals surface area contributed by atoms with Crippen LogP contribution >= 0.6 is 7.82 Å². The zero-order chi connectivity index (χ0) is 42.2. The Labute approximate surface area is 342 Å². The number of hydrogen-bond acceptors (Lipinski definition) is 12. The van der Waals surface area contributed by atoms with Crippen molar-refractivity contribution in [1.82, 2.24) is 0 Å². The maximum Gasteiger partial charge on any atom is 0.472 e. The highest BCUT2D eigenvalue weighted by atomic mass is 31.2. The molecule has 8 atom stereocenters. The Hall–Kier alpha value is -1.93. The van der Waals surface area contributed by atoms with Crippen LogP contribution in [0.25, 0.3) is 0 Å². The molecule has 0 spiro atoms. The number of rotatable bonds is 35. The summed E-state index contributed by atoms with van der Waals surface area (Å²) in [6.07, 6.45) is 23.5. The van der Waals surface area contributed by atoms with Gasteiger partial charge in [-0.05, 0) is 70.6 Å². The number of carbonyl (C=O) groups is 2. The van der Waals surface area contributed by atoms with Crippen LogP contribution in [0.2, 0.25) is 0 Å². The van der Waals surface area contributed by atoms with Crippen molar-refractivity contribution in [3.63, 3.8) is 0 Å². The van der Waals surface area contributed by atoms with E-state index in [0.717, 1.165) is 64.2 Å². The van der Waals surface area contributed by atoms with Gasteiger partial charge >= 0.3 is 19.8 Å². The van der Waals surface area contributed by atoms with Crippen molar-refractivity contribution in [2.24, 2.45) is 0 Å². The van der Waals surface area contributed by atoms with Crippen molar-refractivity contribution in [1.29, 1.82) is 0 Å². The second-order valence-corrected chi connectivity index (χ2v) is 16.6. The van der Waals surface area contributed by atoms with Crippen molar-refractivity contribution >= 4 is 19.8 Å². The summed E-state index contributed by atoms with van der Waals surface area (Å²) in [7, 11) is -5.12. The van der Waals surface area contributed by atoms with E-state index in [9.17, 15) is 44.6 Å². The number of esters is 2. The molecule has 0 aromatic heterocycles. The van der Waals surface area contributed by atoms with Gasteiger partial charge in [-0.15, -0.1) is 0 Å². The van der Waals surface area contributed by atoms with Gasteiger partial charge in [0, 0.05) is 12.8 Å². The van der Waals surface area contributed by atoms with E-state index in [0.29, 0.717) is 12.8 Å². The third-order valence-corrected chi connectivity index (χ3v) is 10.9. The first-order valence-corrected chi connectivity index (χ1v) is 23.3. The van der Waals surface area contributed by atoms with Gasteiger partial charge in [-0.2, -0.15) is 0 Å². The Balaban J connectivity index is 2.53. The van der Waals surface area contributed by atoms with E-state index >= 15 is 0 Å². The molecule has 57 heavy (non-hydrogen) atoms. The van der Waals surface area contributed by atoms with Gasteiger partial charge < -0.3 is 39.9 Å². The van der Waals surface area contributed by atoms with Crippen LogP contribution in [-0.4, -0.2) is 98.3 Å². The topological polar surface area (TPSA) is 210 Å². The largest absolute Gasteiger partial charge is 0.472 e. The molecule has 1 fully saturated rings. The zero-order valence-corrected chi connectivity index (χ0v) is 35.8. The minimum absolute atomic E-state index is 0.0526. The van der Waals surface area contributed by atoms with Crippen molar-refractivity contribution < 1.29 is 63.1 Å². The maximum atomic E-state index is 12.8. The van der Waals surface area contributed by atoms with E-state index in [1.54, 1.807) is 0 Å². The van der Waals surface area contributed by atoms with E-state index in [1.165, 1.54) is 64.2 Å². The van der Waals surface area contributed by atoms with Crippen LogP contribution in [0.1, 0.15) is 168 Å². The molecule has 1 aliphatic carbocycles. The van der Waals surface area contributed by atoms with Crippen LogP contribution < -0.4 is 0 Å². The van der Waals surface area contributed by atoms with Gasteiger partial charge in [-0.3, -0.25) is 18.6 Å². The van der Waals surface area contributed by atoms with Gasteiger partial charge in [0.2, 0.25) is 0 Å². The molecule has 0 amide bonds. The van der Waals surface area contributed by atoms with E-state index in [2.05, 4.69) is 50.3 Å². The Bertz CT molecular complexity index is 1150. The number of phosphoric ester groups is 1. The normalized spacial score (nSPS) is 23.0. The summed E-state index contributed by atoms with van der Waals surface area (Å²) in [5.41, 5.74) is 0. The molecule has 1 saturated carbocycles. The van der Waals surface area contributed by atoms with Crippen molar-refractivity contribution in [3.05, 3.63) is 36.5 Å². The van der Waals surface area contributed by atoms with Gasteiger partial charge in [0.05, 0.1) is 6.61 Å². The summed E-state index contributed by atoms with van der Waals surface area (Å²) in [5, 5.41) is 50.0. The molecule has 6 unspecified atom stereocenters. The first-order chi connectivity index (χ1) is 27.4. The molecule has 0 aromatic rings. The monoisotopic (exact) mass is 833 g/mol. The molecule has 0 aromatic carbocycles. The minimum Gasteiger partial charge on any atom is -0.462 e. The van der Waals surface area contributed by atoms with Crippen LogP contribution in [-0.2, 0) is 32.7 Å². The number of hydrogen-bond donors (Lipinski definition) is 6. The second kappa shape index (κ2) is 33.9. The SMILES string of the molecule is CCCCCC/C=C/CCCCCCCC(=O)OC[C@H](COP(=O)(O)OC1C(O)C(O)C(O)[C@@H](O)C1O)OC(=O)CCCC/C=C/C/C=C/CCCCCCCC. The highest BCUT2D eigenvalue weighted by Gasteiger charge is 2.51. The van der Waals surface area contributed by atoms with Crippen molar-refractivity contribution in [2.45, 2.75) is 211 Å². The highest BCUT2D eigenvalue weighted by Crippen LogP contribution is 2.47. The fourth-order valence-electron chi connectivity index (χ4n) is 6.37. The number of carbonyl (C=O) groups excluding carboxylic acids is 2. The maximum absolute atomic E-state index is 12.8. The molecule has 13 nitrogen and oxygen atoms in total. The van der Waals surface area contributed by atoms with Gasteiger partial charge in [0.15, 0.2) is 6.10 Å². The molecule has 0 aliphatic heterocycles. The lowest BCUT2D eigenvalue weighted by Crippen LogP contribution is -2.64. The van der Waals surface area contributed by atoms with Crippen LogP contribution in [0.3, 0.4) is 0 Å². The number of ether oxygens (including phenoxy) is 2. The van der Waals surface area contributed by atoms with Crippen molar-refractivity contribution in [2.75, 3.05) is 13.2 Å². The Morgan fingerprint density at radius 1 is 0.544 bits per heavy atom. The smallest absolute Gasteiger partial charge is 0.462 e. The lowest BCUT2D eigenvalue weighted by Gasteiger charge is -2.41. The summed E-state index contributed by atoms with van der Waals surface area (Å²) < 4.78 is 33.4. The summed E-state index contributed by atoms with van der Waals surface area (Å²) in [5.74, 6) is -1.15. The Morgan fingerprint density at radius 2 is 0.947 bits per heavy atom. The predicted octanol–water partition coefficient (Wildman–Crippen LogP) is 7.83. The van der Waals surface area contributed by atoms with E-state index in [4.69, 9.17) is 18.5 Å².